The summed E-state index contributed by atoms with van der Waals surface area (Å²) in [5.74, 6) is -1.33. The Bertz CT molecular complexity index is 1030. The number of aromatic nitrogens is 2. The van der Waals surface area contributed by atoms with Crippen LogP contribution in [0, 0.1) is 17.2 Å². The van der Waals surface area contributed by atoms with Crippen LogP contribution in [0.2, 0.25) is 0 Å². The van der Waals surface area contributed by atoms with Crippen molar-refractivity contribution >= 4 is 33.6 Å². The van der Waals surface area contributed by atoms with Crippen LogP contribution in [0.3, 0.4) is 0 Å². The van der Waals surface area contributed by atoms with Gasteiger partial charge in [-0.2, -0.15) is 10.2 Å². The number of hydrogen-bond acceptors (Lipinski definition) is 5. The van der Waals surface area contributed by atoms with E-state index in [1.165, 1.54) is 0 Å². The highest BCUT2D eigenvalue weighted by atomic mass is 79.9. The molecule has 3 heterocycles. The molecule has 0 radical (unpaired) electrons. The lowest BCUT2D eigenvalue weighted by atomic mass is 9.79. The number of amides is 1. The molecule has 29 heavy (non-hydrogen) atoms. The minimum Gasteiger partial charge on any atom is -0.339 e. The second-order valence-corrected chi connectivity index (χ2v) is 8.44. The molecule has 0 aliphatic carbocycles. The fraction of sp³-hybridized carbons (Fsp3) is 0.429. The Morgan fingerprint density at radius 1 is 1.28 bits per heavy atom. The summed E-state index contributed by atoms with van der Waals surface area (Å²) in [5.41, 5.74) is 0.770. The molecule has 2 aromatic rings. The molecule has 2 N–H and O–H groups in total. The first-order valence-corrected chi connectivity index (χ1v) is 10.7. The van der Waals surface area contributed by atoms with Crippen molar-refractivity contribution in [1.29, 1.82) is 5.26 Å². The van der Waals surface area contributed by atoms with Gasteiger partial charge in [0.25, 0.3) is 5.56 Å². The second-order valence-electron chi connectivity index (χ2n) is 7.53. The average Bonchev–Trinajstić information content (AvgIpc) is 2.73. The number of fused-ring (bicyclic) bond motifs is 1. The zero-order valence-electron chi connectivity index (χ0n) is 16.1. The molecular formula is C21H22BrN5O2. The summed E-state index contributed by atoms with van der Waals surface area (Å²) < 4.78 is 0.883. The topological polar surface area (TPSA) is 102 Å². The van der Waals surface area contributed by atoms with Gasteiger partial charge in [0, 0.05) is 23.0 Å². The lowest BCUT2D eigenvalue weighted by Crippen LogP contribution is -2.43. The van der Waals surface area contributed by atoms with Crippen LogP contribution < -0.4 is 15.8 Å². The number of aromatic amines is 1. The van der Waals surface area contributed by atoms with E-state index >= 15 is 0 Å². The van der Waals surface area contributed by atoms with Crippen molar-refractivity contribution in [2.24, 2.45) is 5.92 Å². The van der Waals surface area contributed by atoms with E-state index in [2.05, 4.69) is 49.1 Å². The molecular weight excluding hydrogens is 434 g/mol. The fourth-order valence-electron chi connectivity index (χ4n) is 4.37. The van der Waals surface area contributed by atoms with Gasteiger partial charge in [-0.1, -0.05) is 35.0 Å². The molecule has 1 aromatic carbocycles. The first-order valence-electron chi connectivity index (χ1n) is 9.90. The van der Waals surface area contributed by atoms with Gasteiger partial charge in [0.05, 0.1) is 11.6 Å². The first kappa shape index (κ1) is 19.6. The normalized spacial score (nSPS) is 23.8. The number of piperidine rings is 1. The van der Waals surface area contributed by atoms with Crippen molar-refractivity contribution in [3.05, 3.63) is 50.2 Å². The molecule has 7 nitrogen and oxygen atoms in total. The van der Waals surface area contributed by atoms with Gasteiger partial charge in [0.15, 0.2) is 0 Å². The summed E-state index contributed by atoms with van der Waals surface area (Å²) in [5, 5.41) is 12.3. The molecule has 8 heteroatoms. The number of H-pyrrole nitrogens is 1. The Morgan fingerprint density at radius 2 is 2.03 bits per heavy atom. The molecule has 0 bridgehead atoms. The van der Waals surface area contributed by atoms with Crippen molar-refractivity contribution in [1.82, 2.24) is 9.97 Å². The molecule has 2 aliphatic heterocycles. The van der Waals surface area contributed by atoms with Crippen molar-refractivity contribution in [3.8, 4) is 6.07 Å². The largest absolute Gasteiger partial charge is 0.339 e. The van der Waals surface area contributed by atoms with Gasteiger partial charge in [-0.15, -0.1) is 0 Å². The summed E-state index contributed by atoms with van der Waals surface area (Å²) in [6.45, 7) is 2.95. The highest BCUT2D eigenvalue weighted by Crippen LogP contribution is 2.38. The van der Waals surface area contributed by atoms with Crippen LogP contribution in [0.5, 0.6) is 0 Å². The predicted molar refractivity (Wildman–Crippen MR) is 114 cm³/mol. The minimum absolute atomic E-state index is 0.258. The first-order chi connectivity index (χ1) is 14.0. The number of rotatable bonds is 3. The second kappa shape index (κ2) is 7.99. The average molecular weight is 456 g/mol. The number of nitrogens with one attached hydrogen (secondary N) is 2. The molecule has 0 saturated carbocycles. The van der Waals surface area contributed by atoms with Gasteiger partial charge in [0.1, 0.15) is 11.7 Å². The SMILES string of the molecule is CCC1CCCCN1c1nc2c(c(=O)[nH]1)C(c1ccc(Br)cc1)C(C#N)C(=O)N2. The van der Waals surface area contributed by atoms with Gasteiger partial charge in [-0.05, 0) is 43.4 Å². The molecule has 1 aromatic heterocycles. The maximum absolute atomic E-state index is 13.1. The molecule has 1 saturated heterocycles. The molecule has 3 unspecified atom stereocenters. The fourth-order valence-corrected chi connectivity index (χ4v) is 4.63. The van der Waals surface area contributed by atoms with Gasteiger partial charge < -0.3 is 10.2 Å². The van der Waals surface area contributed by atoms with Crippen molar-refractivity contribution < 1.29 is 4.79 Å². The number of carbonyl (C=O) groups excluding carboxylic acids is 1. The third-order valence-electron chi connectivity index (χ3n) is 5.85. The van der Waals surface area contributed by atoms with Crippen LogP contribution in [0.1, 0.15) is 49.7 Å². The number of nitrogens with zero attached hydrogens (tertiary/aromatic N) is 3. The van der Waals surface area contributed by atoms with Crippen LogP contribution in [0.15, 0.2) is 33.5 Å². The molecule has 150 valence electrons. The van der Waals surface area contributed by atoms with Crippen molar-refractivity contribution in [2.75, 3.05) is 16.8 Å². The highest BCUT2D eigenvalue weighted by Gasteiger charge is 2.40. The van der Waals surface area contributed by atoms with E-state index in [9.17, 15) is 14.9 Å². The van der Waals surface area contributed by atoms with Gasteiger partial charge >= 0.3 is 0 Å². The van der Waals surface area contributed by atoms with Crippen LogP contribution in [0.4, 0.5) is 11.8 Å². The Labute approximate surface area is 177 Å². The number of nitriles is 1. The Hall–Kier alpha value is -2.66. The van der Waals surface area contributed by atoms with Crippen LogP contribution in [0.25, 0.3) is 0 Å². The quantitative estimate of drug-likeness (QED) is 0.736. The van der Waals surface area contributed by atoms with E-state index in [0.29, 0.717) is 17.6 Å². The van der Waals surface area contributed by atoms with E-state index in [-0.39, 0.29) is 11.4 Å². The van der Waals surface area contributed by atoms with Crippen molar-refractivity contribution in [3.63, 3.8) is 0 Å². The zero-order chi connectivity index (χ0) is 20.5. The van der Waals surface area contributed by atoms with E-state index < -0.39 is 17.7 Å². The lowest BCUT2D eigenvalue weighted by molar-refractivity contribution is -0.119. The molecule has 1 amide bonds. The Morgan fingerprint density at radius 3 is 2.72 bits per heavy atom. The summed E-state index contributed by atoms with van der Waals surface area (Å²) in [6.07, 6.45) is 4.23. The number of benzene rings is 1. The number of anilines is 2. The molecule has 1 fully saturated rings. The molecule has 0 spiro atoms. The van der Waals surface area contributed by atoms with Crippen molar-refractivity contribution in [2.45, 2.75) is 44.6 Å². The van der Waals surface area contributed by atoms with Gasteiger partial charge in [-0.3, -0.25) is 14.6 Å². The third-order valence-corrected chi connectivity index (χ3v) is 6.38. The maximum Gasteiger partial charge on any atom is 0.258 e. The summed E-state index contributed by atoms with van der Waals surface area (Å²) in [4.78, 5) is 35.5. The predicted octanol–water partition coefficient (Wildman–Crippen LogP) is 3.53. The summed E-state index contributed by atoms with van der Waals surface area (Å²) in [6, 6.07) is 9.71. The minimum atomic E-state index is -0.990. The number of hydrogen-bond donors (Lipinski definition) is 2. The zero-order valence-corrected chi connectivity index (χ0v) is 17.7. The van der Waals surface area contributed by atoms with E-state index in [0.717, 1.165) is 42.3 Å². The Kier molecular flexibility index (Phi) is 5.41. The standard InChI is InChI=1S/C21H22BrN5O2/c1-2-14-5-3-4-10-27(14)21-25-18-17(20(29)26-21)16(15(11-23)19(28)24-18)12-6-8-13(22)9-7-12/h6-9,14-16H,2-5,10H2,1H3,(H2,24,25,26,28,29). The Balaban J connectivity index is 1.83. The smallest absolute Gasteiger partial charge is 0.258 e. The van der Waals surface area contributed by atoms with Crippen LogP contribution in [-0.4, -0.2) is 28.5 Å². The number of carbonyl (C=O) groups is 1. The molecule has 2 aliphatic rings. The third kappa shape index (κ3) is 3.55. The molecule has 4 rings (SSSR count). The summed E-state index contributed by atoms with van der Waals surface area (Å²) in [7, 11) is 0. The van der Waals surface area contributed by atoms with E-state index in [1.54, 1.807) is 0 Å². The lowest BCUT2D eigenvalue weighted by Gasteiger charge is -2.36. The summed E-state index contributed by atoms with van der Waals surface area (Å²) >= 11 is 3.40. The van der Waals surface area contributed by atoms with Gasteiger partial charge in [0.2, 0.25) is 11.9 Å². The highest BCUT2D eigenvalue weighted by molar-refractivity contribution is 9.10. The number of halogens is 1. The van der Waals surface area contributed by atoms with Gasteiger partial charge in [-0.25, -0.2) is 0 Å². The van der Waals surface area contributed by atoms with E-state index in [1.807, 2.05) is 24.3 Å². The maximum atomic E-state index is 13.1. The van der Waals surface area contributed by atoms with E-state index in [4.69, 9.17) is 0 Å². The molecule has 3 atom stereocenters. The van der Waals surface area contributed by atoms with Crippen LogP contribution >= 0.6 is 15.9 Å². The monoisotopic (exact) mass is 455 g/mol. The van der Waals surface area contributed by atoms with Crippen LogP contribution in [-0.2, 0) is 4.79 Å².